The van der Waals surface area contributed by atoms with Crippen LogP contribution in [0.3, 0.4) is 0 Å². The van der Waals surface area contributed by atoms with Crippen LogP contribution in [0.1, 0.15) is 25.3 Å². The Morgan fingerprint density at radius 2 is 2.00 bits per heavy atom. The maximum atomic E-state index is 12.6. The van der Waals surface area contributed by atoms with Crippen molar-refractivity contribution >= 4 is 13.9 Å². The lowest BCUT2D eigenvalue weighted by atomic mass is 9.84. The number of nitrogens with zero attached hydrogens (tertiary/aromatic N) is 1. The third kappa shape index (κ3) is 1.52. The molecule has 1 spiro atoms. The van der Waals surface area contributed by atoms with E-state index in [2.05, 4.69) is 24.3 Å². The van der Waals surface area contributed by atoms with E-state index in [1.54, 1.807) is 0 Å². The summed E-state index contributed by atoms with van der Waals surface area (Å²) in [6.07, 6.45) is 2.07. The smallest absolute Gasteiger partial charge is 0.231 e. The zero-order valence-corrected chi connectivity index (χ0v) is 11.1. The molecule has 1 amide bonds. The van der Waals surface area contributed by atoms with Gasteiger partial charge >= 0.3 is 0 Å². The lowest BCUT2D eigenvalue weighted by Gasteiger charge is -2.29. The molecule has 1 unspecified atom stereocenters. The summed E-state index contributed by atoms with van der Waals surface area (Å²) in [4.78, 5) is 14.6. The van der Waals surface area contributed by atoms with Crippen molar-refractivity contribution in [2.75, 3.05) is 6.54 Å². The number of carbonyl (C=O) groups is 1. The number of benzene rings is 1. The van der Waals surface area contributed by atoms with Gasteiger partial charge in [-0.25, -0.2) is 0 Å². The second kappa shape index (κ2) is 3.85. The van der Waals surface area contributed by atoms with Gasteiger partial charge in [0, 0.05) is 18.6 Å². The van der Waals surface area contributed by atoms with E-state index in [1.807, 2.05) is 31.1 Å². The van der Waals surface area contributed by atoms with Crippen molar-refractivity contribution < 1.29 is 4.79 Å². The lowest BCUT2D eigenvalue weighted by molar-refractivity contribution is -0.133. The molecule has 1 saturated carbocycles. The summed E-state index contributed by atoms with van der Waals surface area (Å²) in [5, 5.41) is 3.38. The molecule has 2 fully saturated rings. The number of carbonyl (C=O) groups excluding carboxylic acids is 1. The number of hydrogen-bond acceptors (Lipinski definition) is 2. The van der Waals surface area contributed by atoms with E-state index in [-0.39, 0.29) is 11.0 Å². The van der Waals surface area contributed by atoms with Crippen LogP contribution in [0.4, 0.5) is 0 Å². The molecule has 1 aliphatic heterocycles. The molecule has 3 rings (SSSR count). The van der Waals surface area contributed by atoms with E-state index in [0.717, 1.165) is 25.9 Å². The molecular weight excluding hydrogens is 223 g/mol. The number of amides is 1. The lowest BCUT2D eigenvalue weighted by Crippen LogP contribution is -2.49. The van der Waals surface area contributed by atoms with Gasteiger partial charge in [0.1, 0.15) is 0 Å². The average molecular weight is 242 g/mol. The Morgan fingerprint density at radius 1 is 1.33 bits per heavy atom. The highest BCUT2D eigenvalue weighted by Gasteiger charge is 2.67. The van der Waals surface area contributed by atoms with E-state index in [4.69, 9.17) is 0 Å². The Balaban J connectivity index is 1.82. The third-order valence-corrected chi connectivity index (χ3v) is 4.78. The predicted molar refractivity (Wildman–Crippen MR) is 73.6 cm³/mol. The molecule has 1 saturated heterocycles. The Bertz CT molecular complexity index is 472. The molecular formula is C14H19BN2O. The van der Waals surface area contributed by atoms with Crippen molar-refractivity contribution in [1.29, 1.82) is 0 Å². The Morgan fingerprint density at radius 3 is 2.50 bits per heavy atom. The first-order valence-corrected chi connectivity index (χ1v) is 6.64. The van der Waals surface area contributed by atoms with Crippen LogP contribution in [0.2, 0.25) is 0 Å². The minimum Gasteiger partial charge on any atom is -0.355 e. The molecule has 1 heterocycles. The molecule has 0 radical (unpaired) electrons. The summed E-state index contributed by atoms with van der Waals surface area (Å²) in [5.74, 6) is 0.336. The molecule has 1 N–H and O–H groups in total. The van der Waals surface area contributed by atoms with Crippen LogP contribution in [0, 0.1) is 5.41 Å². The second-order valence-corrected chi connectivity index (χ2v) is 5.81. The molecule has 1 aromatic rings. The molecule has 4 heteroatoms. The third-order valence-electron chi connectivity index (χ3n) is 4.78. The summed E-state index contributed by atoms with van der Waals surface area (Å²) < 4.78 is 0. The van der Waals surface area contributed by atoms with E-state index in [1.165, 1.54) is 5.56 Å². The van der Waals surface area contributed by atoms with Gasteiger partial charge in [-0.2, -0.15) is 0 Å². The Kier molecular flexibility index (Phi) is 2.52. The fourth-order valence-electron chi connectivity index (χ4n) is 3.28. The summed E-state index contributed by atoms with van der Waals surface area (Å²) in [5.41, 5.74) is 1.04. The quantitative estimate of drug-likeness (QED) is 0.791. The van der Waals surface area contributed by atoms with Gasteiger partial charge in [0.15, 0.2) is 7.98 Å². The Labute approximate surface area is 109 Å². The topological polar surface area (TPSA) is 32.3 Å². The first-order chi connectivity index (χ1) is 8.61. The maximum Gasteiger partial charge on any atom is 0.231 e. The summed E-state index contributed by atoms with van der Waals surface area (Å²) in [6.45, 7) is 3.73. The monoisotopic (exact) mass is 242 g/mol. The van der Waals surface area contributed by atoms with Gasteiger partial charge in [-0.15, -0.1) is 0 Å². The average Bonchev–Trinajstić information content (AvgIpc) is 3.16. The maximum absolute atomic E-state index is 12.6. The first kappa shape index (κ1) is 11.8. The molecule has 94 valence electrons. The van der Waals surface area contributed by atoms with Crippen LogP contribution in [-0.2, 0) is 11.3 Å². The second-order valence-electron chi connectivity index (χ2n) is 5.81. The van der Waals surface area contributed by atoms with Gasteiger partial charge in [-0.1, -0.05) is 30.3 Å². The van der Waals surface area contributed by atoms with Crippen LogP contribution in [0.15, 0.2) is 30.3 Å². The Hall–Kier alpha value is -1.29. The molecule has 1 aliphatic carbocycles. The number of rotatable bonds is 3. The molecule has 1 aromatic carbocycles. The van der Waals surface area contributed by atoms with Crippen molar-refractivity contribution in [3.63, 3.8) is 0 Å². The van der Waals surface area contributed by atoms with Crippen molar-refractivity contribution in [1.82, 2.24) is 10.1 Å². The van der Waals surface area contributed by atoms with Gasteiger partial charge in [0.2, 0.25) is 5.91 Å². The SMILES string of the molecule is BNC1(C)CN(Cc2ccccc2)C(=O)C12CC2. The van der Waals surface area contributed by atoms with Crippen molar-refractivity contribution in [2.45, 2.75) is 31.8 Å². The highest BCUT2D eigenvalue weighted by molar-refractivity contribution is 6.06. The molecule has 0 aromatic heterocycles. The molecule has 18 heavy (non-hydrogen) atoms. The standard InChI is InChI=1S/C14H19BN2O/c1-13(16-15)10-17(12(18)14(13)7-8-14)9-11-5-3-2-4-6-11/h2-6,16H,7-10,15H2,1H3. The summed E-state index contributed by atoms with van der Waals surface area (Å²) in [7, 11) is 1.97. The predicted octanol–water partition coefficient (Wildman–Crippen LogP) is 0.705. The van der Waals surface area contributed by atoms with E-state index >= 15 is 0 Å². The van der Waals surface area contributed by atoms with E-state index in [0.29, 0.717) is 5.91 Å². The number of likely N-dealkylation sites (tertiary alicyclic amines) is 1. The molecule has 3 nitrogen and oxygen atoms in total. The summed E-state index contributed by atoms with van der Waals surface area (Å²) >= 11 is 0. The van der Waals surface area contributed by atoms with Gasteiger partial charge in [0.25, 0.3) is 0 Å². The van der Waals surface area contributed by atoms with Crippen molar-refractivity contribution in [3.05, 3.63) is 35.9 Å². The van der Waals surface area contributed by atoms with Crippen LogP contribution >= 0.6 is 0 Å². The van der Waals surface area contributed by atoms with Crippen LogP contribution < -0.4 is 5.23 Å². The zero-order chi connectivity index (χ0) is 12.8. The summed E-state index contributed by atoms with van der Waals surface area (Å²) in [6, 6.07) is 10.2. The zero-order valence-electron chi connectivity index (χ0n) is 11.1. The molecule has 0 bridgehead atoms. The van der Waals surface area contributed by atoms with Crippen LogP contribution in [-0.4, -0.2) is 30.9 Å². The first-order valence-electron chi connectivity index (χ1n) is 6.64. The van der Waals surface area contributed by atoms with Crippen molar-refractivity contribution in [2.24, 2.45) is 5.41 Å². The van der Waals surface area contributed by atoms with E-state index < -0.39 is 0 Å². The normalized spacial score (nSPS) is 28.9. The molecule has 1 atom stereocenters. The largest absolute Gasteiger partial charge is 0.355 e. The minimum absolute atomic E-state index is 0.0567. The fourth-order valence-corrected chi connectivity index (χ4v) is 3.28. The van der Waals surface area contributed by atoms with Crippen LogP contribution in [0.5, 0.6) is 0 Å². The minimum atomic E-state index is -0.115. The highest BCUT2D eigenvalue weighted by Crippen LogP contribution is 2.59. The van der Waals surface area contributed by atoms with Crippen molar-refractivity contribution in [3.8, 4) is 0 Å². The molecule has 2 aliphatic rings. The number of nitrogens with one attached hydrogen (secondary N) is 1. The van der Waals surface area contributed by atoms with Gasteiger partial charge in [-0.05, 0) is 25.3 Å². The van der Waals surface area contributed by atoms with Gasteiger partial charge < -0.3 is 10.1 Å². The highest BCUT2D eigenvalue weighted by atomic mass is 16.2. The fraction of sp³-hybridized carbons (Fsp3) is 0.500. The number of hydrogen-bond donors (Lipinski definition) is 1. The van der Waals surface area contributed by atoms with Gasteiger partial charge in [0.05, 0.1) is 5.41 Å². The van der Waals surface area contributed by atoms with Crippen LogP contribution in [0.25, 0.3) is 0 Å². The van der Waals surface area contributed by atoms with Gasteiger partial charge in [-0.3, -0.25) is 4.79 Å². The van der Waals surface area contributed by atoms with E-state index in [9.17, 15) is 4.79 Å².